The number of hydrogen-bond donors (Lipinski definition) is 5. The molecular formula is C24H40N6O3S. The molecule has 34 heavy (non-hydrogen) atoms. The van der Waals surface area contributed by atoms with Gasteiger partial charge >= 0.3 is 0 Å². The van der Waals surface area contributed by atoms with Crippen molar-refractivity contribution < 1.29 is 20.0 Å². The number of amides is 1. The molecule has 1 aliphatic rings. The molecule has 10 heteroatoms. The van der Waals surface area contributed by atoms with Crippen LogP contribution < -0.4 is 21.3 Å². The quantitative estimate of drug-likeness (QED) is 0.331. The number of carbonyl (C=O) groups is 1. The van der Waals surface area contributed by atoms with Gasteiger partial charge in [-0.2, -0.15) is 4.98 Å². The molecule has 3 aromatic rings. The van der Waals surface area contributed by atoms with E-state index in [0.29, 0.717) is 18.3 Å². The van der Waals surface area contributed by atoms with Crippen LogP contribution in [0.1, 0.15) is 35.2 Å². The number of rotatable bonds is 6. The average Bonchev–Trinajstić information content (AvgIpc) is 3.35. The van der Waals surface area contributed by atoms with E-state index in [-0.39, 0.29) is 21.1 Å². The molecule has 0 atom stereocenters. The molecule has 9 nitrogen and oxygen atoms in total. The number of carbonyl (C=O) groups excluding carboxylic acids is 1. The minimum absolute atomic E-state index is 0. The predicted octanol–water partition coefficient (Wildman–Crippen LogP) is 3.66. The monoisotopic (exact) mass is 492 g/mol. The van der Waals surface area contributed by atoms with E-state index >= 15 is 0 Å². The van der Waals surface area contributed by atoms with Crippen LogP contribution in [0.25, 0.3) is 0 Å². The lowest BCUT2D eigenvalue weighted by Gasteiger charge is -2.12. The molecule has 0 aliphatic carbocycles. The van der Waals surface area contributed by atoms with Gasteiger partial charge in [-0.1, -0.05) is 18.2 Å². The van der Waals surface area contributed by atoms with Crippen molar-refractivity contribution in [3.63, 3.8) is 0 Å². The molecule has 8 N–H and O–H groups in total. The molecule has 0 spiro atoms. The number of nitrogens with one attached hydrogen (secondary N) is 4. The number of thiol groups is 1. The Bertz CT molecular complexity index is 1050. The third-order valence-corrected chi connectivity index (χ3v) is 5.04. The maximum atomic E-state index is 11.1. The highest BCUT2D eigenvalue weighted by Crippen LogP contribution is 2.22. The predicted molar refractivity (Wildman–Crippen MR) is 147 cm³/mol. The third kappa shape index (κ3) is 9.75. The maximum absolute atomic E-state index is 11.1. The van der Waals surface area contributed by atoms with Crippen LogP contribution in [0.3, 0.4) is 0 Å². The number of nitrogens with zero attached hydrogens (tertiary/aromatic N) is 2. The molecule has 1 aromatic heterocycles. The molecule has 0 radical (unpaired) electrons. The molecule has 1 fully saturated rings. The molecule has 2 aromatic carbocycles. The highest BCUT2D eigenvalue weighted by atomic mass is 32.1. The van der Waals surface area contributed by atoms with Gasteiger partial charge in [0.1, 0.15) is 5.82 Å². The van der Waals surface area contributed by atoms with Crippen LogP contribution in [0.15, 0.2) is 59.6 Å². The van der Waals surface area contributed by atoms with Crippen molar-refractivity contribution in [3.8, 4) is 0 Å². The van der Waals surface area contributed by atoms with E-state index in [1.54, 1.807) is 6.20 Å². The zero-order valence-corrected chi connectivity index (χ0v) is 20.4. The average molecular weight is 493 g/mol. The van der Waals surface area contributed by atoms with E-state index in [9.17, 15) is 4.79 Å². The minimum atomic E-state index is -0.0546. The lowest BCUT2D eigenvalue weighted by atomic mass is 10.2. The maximum Gasteiger partial charge on any atom is 0.229 e. The summed E-state index contributed by atoms with van der Waals surface area (Å²) in [6.45, 7) is 6.44. The summed E-state index contributed by atoms with van der Waals surface area (Å²) in [6, 6.07) is 15.5. The second-order valence-corrected chi connectivity index (χ2v) is 8.11. The van der Waals surface area contributed by atoms with Gasteiger partial charge in [0.05, 0.1) is 0 Å². The Hall–Kier alpha value is -3.18. The zero-order valence-electron chi connectivity index (χ0n) is 19.5. The summed E-state index contributed by atoms with van der Waals surface area (Å²) < 4.78 is 0. The van der Waals surface area contributed by atoms with Crippen LogP contribution in [0, 0.1) is 6.92 Å². The molecule has 1 amide bonds. The highest BCUT2D eigenvalue weighted by molar-refractivity contribution is 7.80. The first-order valence-corrected chi connectivity index (χ1v) is 11.1. The zero-order chi connectivity index (χ0) is 22.8. The number of anilines is 4. The van der Waals surface area contributed by atoms with Gasteiger partial charge in [0.2, 0.25) is 11.9 Å². The summed E-state index contributed by atoms with van der Waals surface area (Å²) in [7, 11) is 0. The molecule has 0 saturated carbocycles. The van der Waals surface area contributed by atoms with Crippen molar-refractivity contribution >= 4 is 41.7 Å². The first-order chi connectivity index (χ1) is 15.5. The van der Waals surface area contributed by atoms with Crippen LogP contribution in [0.5, 0.6) is 0 Å². The second-order valence-electron chi connectivity index (χ2n) is 7.59. The molecule has 0 unspecified atom stereocenters. The van der Waals surface area contributed by atoms with E-state index in [4.69, 9.17) is 0 Å². The Morgan fingerprint density at radius 3 is 2.35 bits per heavy atom. The Morgan fingerprint density at radius 2 is 1.74 bits per heavy atom. The fourth-order valence-corrected chi connectivity index (χ4v) is 3.31. The van der Waals surface area contributed by atoms with E-state index in [1.165, 1.54) is 32.9 Å². The normalized spacial score (nSPS) is 11.7. The van der Waals surface area contributed by atoms with Gasteiger partial charge in [-0.05, 0) is 68.8 Å². The van der Waals surface area contributed by atoms with Crippen LogP contribution >= 0.6 is 12.6 Å². The molecular weight excluding hydrogens is 452 g/mol. The SMILES string of the molecule is C1CCNC1.CC(=O)NCc1cccc(Nc2nc(Nc3cccc(S)c3)ncc2C)c1.O.O.[HH].[HH].[HH]. The van der Waals surface area contributed by atoms with Crippen molar-refractivity contribution in [1.29, 1.82) is 0 Å². The molecule has 4 rings (SSSR count). The van der Waals surface area contributed by atoms with Gasteiger partial charge in [-0.25, -0.2) is 4.98 Å². The Kier molecular flexibility index (Phi) is 12.6. The van der Waals surface area contributed by atoms with Crippen LogP contribution in [0.4, 0.5) is 23.1 Å². The van der Waals surface area contributed by atoms with Crippen molar-refractivity contribution in [2.75, 3.05) is 23.7 Å². The molecule has 1 saturated heterocycles. The molecule has 190 valence electrons. The van der Waals surface area contributed by atoms with Crippen molar-refractivity contribution in [2.24, 2.45) is 0 Å². The molecule has 0 bridgehead atoms. The summed E-state index contributed by atoms with van der Waals surface area (Å²) in [5.74, 6) is 1.16. The van der Waals surface area contributed by atoms with Gasteiger partial charge < -0.3 is 32.2 Å². The number of hydrogen-bond acceptors (Lipinski definition) is 7. The van der Waals surface area contributed by atoms with Crippen molar-refractivity contribution in [1.82, 2.24) is 20.6 Å². The smallest absolute Gasteiger partial charge is 0.229 e. The lowest BCUT2D eigenvalue weighted by molar-refractivity contribution is -0.119. The van der Waals surface area contributed by atoms with Gasteiger partial charge in [-0.3, -0.25) is 4.79 Å². The van der Waals surface area contributed by atoms with Gasteiger partial charge in [0, 0.05) is 45.8 Å². The second kappa shape index (κ2) is 14.9. The minimum Gasteiger partial charge on any atom is -0.412 e. The summed E-state index contributed by atoms with van der Waals surface area (Å²) in [6.07, 6.45) is 4.55. The standard InChI is InChI=1S/C20H21N5OS.C4H9N.2H2O.3H2/c1-13-11-22-20(24-17-7-4-8-18(27)10-17)25-19(13)23-16-6-3-5-15(9-16)12-21-14(2)26;1-2-4-5-3-1;;;;;/h3-11,27H,12H2,1-2H3,(H,21,26)(H2,22,23,24,25);5H,1-4H2;2*1H2;3*1H. The first-order valence-electron chi connectivity index (χ1n) is 10.7. The Balaban J connectivity index is -0.00000104. The van der Waals surface area contributed by atoms with Gasteiger partial charge in [-0.15, -0.1) is 12.6 Å². The van der Waals surface area contributed by atoms with E-state index < -0.39 is 0 Å². The van der Waals surface area contributed by atoms with Crippen LogP contribution in [-0.4, -0.2) is 39.9 Å². The highest BCUT2D eigenvalue weighted by Gasteiger charge is 2.06. The van der Waals surface area contributed by atoms with Crippen LogP contribution in [0.2, 0.25) is 0 Å². The number of benzene rings is 2. The lowest BCUT2D eigenvalue weighted by Crippen LogP contribution is -2.18. The van der Waals surface area contributed by atoms with E-state index in [0.717, 1.165) is 27.4 Å². The summed E-state index contributed by atoms with van der Waals surface area (Å²) in [4.78, 5) is 20.9. The number of aromatic nitrogens is 2. The Morgan fingerprint density at radius 1 is 1.06 bits per heavy atom. The van der Waals surface area contributed by atoms with Gasteiger partial charge in [0.15, 0.2) is 0 Å². The fourth-order valence-electron chi connectivity index (χ4n) is 3.09. The molecule has 1 aliphatic heterocycles. The van der Waals surface area contributed by atoms with Gasteiger partial charge in [0.25, 0.3) is 0 Å². The van der Waals surface area contributed by atoms with Crippen LogP contribution in [-0.2, 0) is 11.3 Å². The Labute approximate surface area is 210 Å². The fraction of sp³-hybridized carbons (Fsp3) is 0.292. The summed E-state index contributed by atoms with van der Waals surface area (Å²) in [5.41, 5.74) is 3.69. The summed E-state index contributed by atoms with van der Waals surface area (Å²) in [5, 5.41) is 12.5. The van der Waals surface area contributed by atoms with E-state index in [2.05, 4.69) is 43.9 Å². The first kappa shape index (κ1) is 28.9. The number of aryl methyl sites for hydroxylation is 1. The topological polar surface area (TPSA) is 154 Å². The van der Waals surface area contributed by atoms with Crippen molar-refractivity contribution in [3.05, 3.63) is 65.9 Å². The van der Waals surface area contributed by atoms with Crippen molar-refractivity contribution in [2.45, 2.75) is 38.1 Å². The molecule has 2 heterocycles. The van der Waals surface area contributed by atoms with E-state index in [1.807, 2.05) is 55.5 Å². The summed E-state index contributed by atoms with van der Waals surface area (Å²) >= 11 is 4.34. The third-order valence-electron chi connectivity index (χ3n) is 4.76. The largest absolute Gasteiger partial charge is 0.412 e.